The molecule has 0 aromatic carbocycles. The number of rotatable bonds is 2. The van der Waals surface area contributed by atoms with Crippen molar-refractivity contribution in [2.75, 3.05) is 6.61 Å². The topological polar surface area (TPSA) is 55.4 Å². The Kier molecular flexibility index (Phi) is 3.66. The predicted octanol–water partition coefficient (Wildman–Crippen LogP) is 1.60. The van der Waals surface area contributed by atoms with Gasteiger partial charge in [0.15, 0.2) is 5.78 Å². The summed E-state index contributed by atoms with van der Waals surface area (Å²) in [5.74, 6) is -0.732. The summed E-state index contributed by atoms with van der Waals surface area (Å²) in [7, 11) is 0. The molecule has 2 aliphatic rings. The molecule has 90 valence electrons. The van der Waals surface area contributed by atoms with Crippen LogP contribution < -0.4 is 5.32 Å². The monoisotopic (exact) mass is 273 g/mol. The first-order valence-corrected chi connectivity index (χ1v) is 5.71. The first-order chi connectivity index (χ1) is 8.08. The maximum atomic E-state index is 11.8. The number of Topliss-reactive ketones (excluding diaryl/α,β-unsaturated/α-hetero) is 1. The zero-order chi connectivity index (χ0) is 12.4. The van der Waals surface area contributed by atoms with Crippen molar-refractivity contribution in [3.05, 3.63) is 33.9 Å². The lowest BCUT2D eigenvalue weighted by molar-refractivity contribution is -0.122. The highest BCUT2D eigenvalue weighted by Crippen LogP contribution is 2.26. The molecule has 0 aromatic heterocycles. The van der Waals surface area contributed by atoms with E-state index in [1.807, 2.05) is 0 Å². The zero-order valence-corrected chi connectivity index (χ0v) is 10.2. The normalized spacial score (nSPS) is 24.0. The number of carbonyl (C=O) groups is 2. The van der Waals surface area contributed by atoms with Gasteiger partial charge in [0, 0.05) is 12.0 Å². The van der Waals surface area contributed by atoms with Gasteiger partial charge in [0.1, 0.15) is 11.3 Å². The van der Waals surface area contributed by atoms with Gasteiger partial charge in [-0.25, -0.2) is 0 Å². The number of amides is 1. The van der Waals surface area contributed by atoms with Crippen LogP contribution in [0.3, 0.4) is 0 Å². The molecule has 1 heterocycles. The van der Waals surface area contributed by atoms with Crippen LogP contribution in [-0.4, -0.2) is 24.5 Å². The van der Waals surface area contributed by atoms with E-state index < -0.39 is 6.23 Å². The zero-order valence-electron chi connectivity index (χ0n) is 8.70. The average molecular weight is 274 g/mol. The molecule has 4 nitrogen and oxygen atoms in total. The van der Waals surface area contributed by atoms with Gasteiger partial charge in [0.25, 0.3) is 0 Å². The first kappa shape index (κ1) is 12.4. The summed E-state index contributed by atoms with van der Waals surface area (Å²) in [6, 6.07) is 0. The van der Waals surface area contributed by atoms with Gasteiger partial charge >= 0.3 is 0 Å². The third-order valence-corrected chi connectivity index (χ3v) is 3.16. The second kappa shape index (κ2) is 5.04. The molecule has 0 fully saturated rings. The number of halogens is 2. The van der Waals surface area contributed by atoms with E-state index in [0.29, 0.717) is 6.61 Å². The summed E-state index contributed by atoms with van der Waals surface area (Å²) in [4.78, 5) is 23.2. The van der Waals surface area contributed by atoms with Gasteiger partial charge in [-0.05, 0) is 12.2 Å². The highest BCUT2D eigenvalue weighted by molar-refractivity contribution is 6.50. The molecule has 6 heteroatoms. The van der Waals surface area contributed by atoms with Gasteiger partial charge in [0.2, 0.25) is 5.91 Å². The smallest absolute Gasteiger partial charge is 0.249 e. The second-order valence-electron chi connectivity index (χ2n) is 3.59. The average Bonchev–Trinajstić information content (AvgIpc) is 2.77. The van der Waals surface area contributed by atoms with Crippen LogP contribution in [0, 0.1) is 0 Å². The molecule has 1 amide bonds. The Morgan fingerprint density at radius 2 is 2.24 bits per heavy atom. The number of hydrogen-bond donors (Lipinski definition) is 1. The minimum Gasteiger partial charge on any atom is -0.351 e. The van der Waals surface area contributed by atoms with Crippen molar-refractivity contribution in [1.29, 1.82) is 0 Å². The summed E-state index contributed by atoms with van der Waals surface area (Å²) in [5.41, 5.74) is 0.285. The fraction of sp³-hybridized carbons (Fsp3) is 0.273. The van der Waals surface area contributed by atoms with Crippen LogP contribution in [0.25, 0.3) is 0 Å². The Balaban J connectivity index is 2.07. The number of allylic oxidation sites excluding steroid dienone is 3. The molecule has 17 heavy (non-hydrogen) atoms. The van der Waals surface area contributed by atoms with E-state index in [4.69, 9.17) is 27.9 Å². The van der Waals surface area contributed by atoms with Crippen molar-refractivity contribution in [2.24, 2.45) is 0 Å². The van der Waals surface area contributed by atoms with Crippen LogP contribution >= 0.6 is 23.2 Å². The predicted molar refractivity (Wildman–Crippen MR) is 63.5 cm³/mol. The largest absolute Gasteiger partial charge is 0.351 e. The molecule has 1 unspecified atom stereocenters. The molecular weight excluding hydrogens is 265 g/mol. The van der Waals surface area contributed by atoms with Crippen molar-refractivity contribution >= 4 is 34.9 Å². The summed E-state index contributed by atoms with van der Waals surface area (Å²) in [6.07, 6.45) is 4.44. The maximum Gasteiger partial charge on any atom is 0.249 e. The van der Waals surface area contributed by atoms with Gasteiger partial charge in [-0.1, -0.05) is 29.3 Å². The summed E-state index contributed by atoms with van der Waals surface area (Å²) in [6.45, 7) is 0.468. The molecule has 0 aromatic rings. The highest BCUT2D eigenvalue weighted by Gasteiger charge is 2.24. The standard InChI is InChI=1S/C11H9Cl2NO3/c12-7-4-6(5-8(15)10(7)13)11(16)14-9-2-1-3-17-9/h1-2,4,9H,3,5H2,(H,14,16). The number of nitrogens with one attached hydrogen (secondary N) is 1. The lowest BCUT2D eigenvalue weighted by Gasteiger charge is -2.15. The van der Waals surface area contributed by atoms with Crippen LogP contribution in [0.4, 0.5) is 0 Å². The Labute approximate surface area is 108 Å². The van der Waals surface area contributed by atoms with E-state index in [9.17, 15) is 9.59 Å². The molecule has 1 aliphatic carbocycles. The van der Waals surface area contributed by atoms with E-state index in [2.05, 4.69) is 5.32 Å². The molecular formula is C11H9Cl2NO3. The Morgan fingerprint density at radius 1 is 1.47 bits per heavy atom. The molecule has 1 aliphatic heterocycles. The third-order valence-electron chi connectivity index (χ3n) is 2.35. The Hall–Kier alpha value is -1.10. The van der Waals surface area contributed by atoms with Crippen LogP contribution in [0.15, 0.2) is 33.9 Å². The second-order valence-corrected chi connectivity index (χ2v) is 4.37. The number of ketones is 1. The van der Waals surface area contributed by atoms with E-state index in [1.165, 1.54) is 6.08 Å². The van der Waals surface area contributed by atoms with Crippen molar-refractivity contribution in [1.82, 2.24) is 5.32 Å². The lowest BCUT2D eigenvalue weighted by Crippen LogP contribution is -2.35. The van der Waals surface area contributed by atoms with Crippen molar-refractivity contribution in [3.63, 3.8) is 0 Å². The molecule has 1 N–H and O–H groups in total. The molecule has 0 saturated carbocycles. The third kappa shape index (κ3) is 2.77. The summed E-state index contributed by atoms with van der Waals surface area (Å²) >= 11 is 11.4. The van der Waals surface area contributed by atoms with E-state index in [-0.39, 0.29) is 33.7 Å². The molecule has 2 rings (SSSR count). The van der Waals surface area contributed by atoms with E-state index >= 15 is 0 Å². The Bertz CT molecular complexity index is 465. The first-order valence-electron chi connectivity index (χ1n) is 4.96. The lowest BCUT2D eigenvalue weighted by atomic mass is 10.0. The SMILES string of the molecule is O=C1CC(C(=O)NC2C=CCO2)=CC(Cl)=C1Cl. The van der Waals surface area contributed by atoms with Gasteiger partial charge in [-0.2, -0.15) is 0 Å². The minimum absolute atomic E-state index is 0.0276. The van der Waals surface area contributed by atoms with Crippen LogP contribution in [0.5, 0.6) is 0 Å². The fourth-order valence-electron chi connectivity index (χ4n) is 1.50. The summed E-state index contributed by atoms with van der Waals surface area (Å²) in [5, 5.41) is 2.68. The van der Waals surface area contributed by atoms with Crippen molar-refractivity contribution < 1.29 is 14.3 Å². The number of ether oxygens (including phenoxy) is 1. The van der Waals surface area contributed by atoms with E-state index in [0.717, 1.165) is 0 Å². The van der Waals surface area contributed by atoms with E-state index in [1.54, 1.807) is 12.2 Å². The van der Waals surface area contributed by atoms with Gasteiger partial charge in [-0.3, -0.25) is 9.59 Å². The van der Waals surface area contributed by atoms with Crippen molar-refractivity contribution in [2.45, 2.75) is 12.6 Å². The van der Waals surface area contributed by atoms with Crippen molar-refractivity contribution in [3.8, 4) is 0 Å². The molecule has 0 radical (unpaired) electrons. The van der Waals surface area contributed by atoms with Gasteiger partial charge in [-0.15, -0.1) is 0 Å². The molecule has 1 atom stereocenters. The van der Waals surface area contributed by atoms with Gasteiger partial charge < -0.3 is 10.1 Å². The van der Waals surface area contributed by atoms with Crippen LogP contribution in [0.2, 0.25) is 0 Å². The van der Waals surface area contributed by atoms with Crippen LogP contribution in [0.1, 0.15) is 6.42 Å². The van der Waals surface area contributed by atoms with Crippen LogP contribution in [-0.2, 0) is 14.3 Å². The quantitative estimate of drug-likeness (QED) is 0.778. The maximum absolute atomic E-state index is 11.8. The Morgan fingerprint density at radius 3 is 2.82 bits per heavy atom. The molecule has 0 spiro atoms. The highest BCUT2D eigenvalue weighted by atomic mass is 35.5. The van der Waals surface area contributed by atoms with Gasteiger partial charge in [0.05, 0.1) is 11.6 Å². The molecule has 0 bridgehead atoms. The fourth-order valence-corrected chi connectivity index (χ4v) is 1.86. The molecule has 0 saturated heterocycles. The summed E-state index contributed by atoms with van der Waals surface area (Å²) < 4.78 is 5.16. The number of carbonyl (C=O) groups excluding carboxylic acids is 2. The minimum atomic E-state index is -0.446. The number of hydrogen-bond acceptors (Lipinski definition) is 3.